The molecule has 0 saturated heterocycles. The van der Waals surface area contributed by atoms with Crippen LogP contribution in [0.15, 0.2) is 88.1 Å². The molecule has 0 fully saturated rings. The molecule has 0 radical (unpaired) electrons. The summed E-state index contributed by atoms with van der Waals surface area (Å²) < 4.78 is 16.7. The van der Waals surface area contributed by atoms with Gasteiger partial charge in [-0.25, -0.2) is 4.79 Å². The smallest absolute Gasteiger partial charge is 0.336 e. The van der Waals surface area contributed by atoms with E-state index in [2.05, 4.69) is 5.32 Å². The lowest BCUT2D eigenvalue weighted by Crippen LogP contribution is -2.09. The van der Waals surface area contributed by atoms with Gasteiger partial charge in [-0.3, -0.25) is 4.79 Å². The minimum Gasteiger partial charge on any atom is -0.490 e. The van der Waals surface area contributed by atoms with Crippen LogP contribution in [0.5, 0.6) is 11.5 Å². The minimum atomic E-state index is -0.384. The third kappa shape index (κ3) is 5.83. The summed E-state index contributed by atoms with van der Waals surface area (Å²) in [6, 6.07) is 21.3. The summed E-state index contributed by atoms with van der Waals surface area (Å²) in [4.78, 5) is 23.7. The molecule has 0 unspecified atom stereocenters. The molecule has 172 valence electrons. The number of amides is 1. The molecular formula is C27H24N2O5. The SMILES string of the molecule is Cc1cc(=O)oc2cc(OCCOc3ccc(/C=C/C(=O)Nc4ccccc4N)cc3)ccc12. The molecule has 1 aromatic heterocycles. The number of ether oxygens (including phenoxy) is 2. The Morgan fingerprint density at radius 1 is 0.971 bits per heavy atom. The van der Waals surface area contributed by atoms with Gasteiger partial charge in [0.05, 0.1) is 11.4 Å². The van der Waals surface area contributed by atoms with Crippen LogP contribution in [0, 0.1) is 6.92 Å². The zero-order valence-corrected chi connectivity index (χ0v) is 18.6. The van der Waals surface area contributed by atoms with Gasteiger partial charge in [0.2, 0.25) is 5.91 Å². The fourth-order valence-electron chi connectivity index (χ4n) is 3.35. The summed E-state index contributed by atoms with van der Waals surface area (Å²) in [6.07, 6.45) is 3.16. The minimum absolute atomic E-state index is 0.265. The Labute approximate surface area is 196 Å². The van der Waals surface area contributed by atoms with Crippen LogP contribution < -0.4 is 26.1 Å². The second kappa shape index (κ2) is 10.4. The van der Waals surface area contributed by atoms with E-state index in [1.165, 1.54) is 12.1 Å². The lowest BCUT2D eigenvalue weighted by atomic mass is 10.1. The fraction of sp³-hybridized carbons (Fsp3) is 0.111. The van der Waals surface area contributed by atoms with Crippen LogP contribution in [0.25, 0.3) is 17.0 Å². The first-order valence-corrected chi connectivity index (χ1v) is 10.7. The van der Waals surface area contributed by atoms with Crippen LogP contribution in [0.1, 0.15) is 11.1 Å². The monoisotopic (exact) mass is 456 g/mol. The van der Waals surface area contributed by atoms with Crippen molar-refractivity contribution in [2.24, 2.45) is 0 Å². The van der Waals surface area contributed by atoms with E-state index in [-0.39, 0.29) is 11.5 Å². The third-order valence-corrected chi connectivity index (χ3v) is 5.07. The van der Waals surface area contributed by atoms with Gasteiger partial charge in [0.15, 0.2) is 0 Å². The van der Waals surface area contributed by atoms with Crippen molar-refractivity contribution in [2.75, 3.05) is 24.3 Å². The molecule has 0 spiro atoms. The van der Waals surface area contributed by atoms with Gasteiger partial charge in [-0.1, -0.05) is 24.3 Å². The Morgan fingerprint density at radius 2 is 1.68 bits per heavy atom. The van der Waals surface area contributed by atoms with Crippen LogP contribution >= 0.6 is 0 Å². The Hall–Kier alpha value is -4.52. The lowest BCUT2D eigenvalue weighted by molar-refractivity contribution is -0.111. The number of hydrogen-bond donors (Lipinski definition) is 2. The Morgan fingerprint density at radius 3 is 2.44 bits per heavy atom. The number of rotatable bonds is 8. The van der Waals surface area contributed by atoms with Gasteiger partial charge < -0.3 is 24.9 Å². The van der Waals surface area contributed by atoms with E-state index >= 15 is 0 Å². The van der Waals surface area contributed by atoms with Crippen molar-refractivity contribution in [3.8, 4) is 11.5 Å². The summed E-state index contributed by atoms with van der Waals surface area (Å²) >= 11 is 0. The summed E-state index contributed by atoms with van der Waals surface area (Å²) in [5, 5.41) is 3.62. The molecule has 0 atom stereocenters. The first-order valence-electron chi connectivity index (χ1n) is 10.7. The van der Waals surface area contributed by atoms with Crippen molar-refractivity contribution in [3.63, 3.8) is 0 Å². The molecule has 1 heterocycles. The molecule has 34 heavy (non-hydrogen) atoms. The Kier molecular flexibility index (Phi) is 6.93. The molecule has 7 nitrogen and oxygen atoms in total. The van der Waals surface area contributed by atoms with E-state index in [9.17, 15) is 9.59 Å². The van der Waals surface area contributed by atoms with Crippen molar-refractivity contribution in [1.29, 1.82) is 0 Å². The third-order valence-electron chi connectivity index (χ3n) is 5.07. The average molecular weight is 456 g/mol. The summed E-state index contributed by atoms with van der Waals surface area (Å²) in [7, 11) is 0. The van der Waals surface area contributed by atoms with Crippen molar-refractivity contribution in [1.82, 2.24) is 0 Å². The summed E-state index contributed by atoms with van der Waals surface area (Å²) in [6.45, 7) is 2.53. The van der Waals surface area contributed by atoms with E-state index in [1.54, 1.807) is 36.4 Å². The number of aryl methyl sites for hydroxylation is 1. The average Bonchev–Trinajstić information content (AvgIpc) is 2.82. The van der Waals surface area contributed by atoms with E-state index in [0.717, 1.165) is 16.5 Å². The van der Waals surface area contributed by atoms with Gasteiger partial charge in [0.25, 0.3) is 0 Å². The molecule has 0 aliphatic carbocycles. The molecular weight excluding hydrogens is 432 g/mol. The zero-order valence-electron chi connectivity index (χ0n) is 18.6. The van der Waals surface area contributed by atoms with Crippen LogP contribution in [-0.2, 0) is 4.79 Å². The highest BCUT2D eigenvalue weighted by Gasteiger charge is 2.05. The van der Waals surface area contributed by atoms with E-state index in [4.69, 9.17) is 19.6 Å². The van der Waals surface area contributed by atoms with Crippen LogP contribution in [0.3, 0.4) is 0 Å². The van der Waals surface area contributed by atoms with Gasteiger partial charge >= 0.3 is 5.63 Å². The molecule has 0 aliphatic rings. The number of fused-ring (bicyclic) bond motifs is 1. The van der Waals surface area contributed by atoms with Crippen molar-refractivity contribution in [2.45, 2.75) is 6.92 Å². The molecule has 0 bridgehead atoms. The molecule has 7 heteroatoms. The topological polar surface area (TPSA) is 104 Å². The maximum atomic E-state index is 12.1. The second-order valence-electron chi connectivity index (χ2n) is 7.58. The van der Waals surface area contributed by atoms with Gasteiger partial charge in [0, 0.05) is 23.6 Å². The molecule has 0 saturated carbocycles. The number of benzene rings is 3. The molecule has 4 rings (SSSR count). The largest absolute Gasteiger partial charge is 0.490 e. The van der Waals surface area contributed by atoms with E-state index in [0.29, 0.717) is 41.7 Å². The lowest BCUT2D eigenvalue weighted by Gasteiger charge is -2.09. The molecule has 3 N–H and O–H groups in total. The van der Waals surface area contributed by atoms with Crippen LogP contribution in [0.2, 0.25) is 0 Å². The standard InChI is InChI=1S/C27H24N2O5/c1-18-16-27(31)34-25-17-21(11-12-22(18)25)33-15-14-32-20-9-6-19(7-10-20)8-13-26(30)29-24-5-3-2-4-23(24)28/h2-13,16-17H,14-15,28H2,1H3,(H,29,30)/b13-8+. The van der Waals surface area contributed by atoms with E-state index in [1.807, 2.05) is 43.3 Å². The van der Waals surface area contributed by atoms with Crippen molar-refractivity contribution >= 4 is 34.3 Å². The number of nitrogen functional groups attached to an aromatic ring is 1. The Bertz CT molecular complexity index is 1390. The second-order valence-corrected chi connectivity index (χ2v) is 7.58. The first kappa shape index (κ1) is 22.7. The number of carbonyl (C=O) groups is 1. The number of hydrogen-bond acceptors (Lipinski definition) is 6. The van der Waals surface area contributed by atoms with Gasteiger partial charge in [-0.05, 0) is 60.5 Å². The zero-order chi connectivity index (χ0) is 23.9. The number of carbonyl (C=O) groups excluding carboxylic acids is 1. The molecule has 0 aliphatic heterocycles. The van der Waals surface area contributed by atoms with Crippen LogP contribution in [-0.4, -0.2) is 19.1 Å². The van der Waals surface area contributed by atoms with E-state index < -0.39 is 0 Å². The number of anilines is 2. The predicted octanol–water partition coefficient (Wildman–Crippen LogP) is 4.79. The van der Waals surface area contributed by atoms with Crippen molar-refractivity contribution < 1.29 is 18.7 Å². The number of para-hydroxylation sites is 2. The normalized spacial score (nSPS) is 11.0. The van der Waals surface area contributed by atoms with Gasteiger partial charge in [0.1, 0.15) is 30.3 Å². The maximum Gasteiger partial charge on any atom is 0.336 e. The van der Waals surface area contributed by atoms with Gasteiger partial charge in [-0.15, -0.1) is 0 Å². The highest BCUT2D eigenvalue weighted by Crippen LogP contribution is 2.22. The molecule has 1 amide bonds. The predicted molar refractivity (Wildman–Crippen MR) is 133 cm³/mol. The quantitative estimate of drug-likeness (QED) is 0.171. The highest BCUT2D eigenvalue weighted by atomic mass is 16.5. The first-order chi connectivity index (χ1) is 16.5. The van der Waals surface area contributed by atoms with Crippen LogP contribution in [0.4, 0.5) is 11.4 Å². The molecule has 4 aromatic rings. The molecule has 3 aromatic carbocycles. The number of nitrogens with two attached hydrogens (primary N) is 1. The number of nitrogens with one attached hydrogen (secondary N) is 1. The van der Waals surface area contributed by atoms with Gasteiger partial charge in [-0.2, -0.15) is 0 Å². The van der Waals surface area contributed by atoms with Crippen molar-refractivity contribution in [3.05, 3.63) is 100 Å². The Balaban J connectivity index is 1.25. The maximum absolute atomic E-state index is 12.1. The fourth-order valence-corrected chi connectivity index (χ4v) is 3.35. The summed E-state index contributed by atoms with van der Waals surface area (Å²) in [5.74, 6) is 1.02. The highest BCUT2D eigenvalue weighted by molar-refractivity contribution is 6.03. The summed E-state index contributed by atoms with van der Waals surface area (Å²) in [5.41, 5.74) is 8.74.